The van der Waals surface area contributed by atoms with Crippen LogP contribution >= 0.6 is 15.9 Å². The third-order valence-corrected chi connectivity index (χ3v) is 7.40. The van der Waals surface area contributed by atoms with Crippen LogP contribution in [0.3, 0.4) is 0 Å². The van der Waals surface area contributed by atoms with Gasteiger partial charge in [0.05, 0.1) is 24.1 Å². The van der Waals surface area contributed by atoms with Crippen LogP contribution in [0.2, 0.25) is 0 Å². The summed E-state index contributed by atoms with van der Waals surface area (Å²) in [6.07, 6.45) is 7.37. The van der Waals surface area contributed by atoms with Crippen molar-refractivity contribution < 1.29 is 0 Å². The zero-order chi connectivity index (χ0) is 18.5. The lowest BCUT2D eigenvalue weighted by atomic mass is 9.45. The van der Waals surface area contributed by atoms with Crippen molar-refractivity contribution in [2.24, 2.45) is 23.2 Å². The van der Waals surface area contributed by atoms with E-state index in [1.54, 1.807) is 18.5 Å². The van der Waals surface area contributed by atoms with Crippen molar-refractivity contribution in [3.63, 3.8) is 0 Å². The zero-order valence-corrected chi connectivity index (χ0v) is 16.9. The molecule has 0 aliphatic heterocycles. The van der Waals surface area contributed by atoms with Gasteiger partial charge in [0.25, 0.3) is 5.56 Å². The van der Waals surface area contributed by atoms with Crippen molar-refractivity contribution >= 4 is 21.6 Å². The Balaban J connectivity index is 1.52. The first kappa shape index (κ1) is 17.6. The van der Waals surface area contributed by atoms with Gasteiger partial charge in [0.1, 0.15) is 10.8 Å². The number of hydrogen-bond acceptors (Lipinski definition) is 5. The first-order chi connectivity index (χ1) is 12.4. The molecule has 5 rings (SSSR count). The summed E-state index contributed by atoms with van der Waals surface area (Å²) in [4.78, 5) is 20.7. The molecule has 0 radical (unpaired) electrons. The predicted octanol–water partition coefficient (Wildman–Crippen LogP) is 3.33. The summed E-state index contributed by atoms with van der Waals surface area (Å²) in [6, 6.07) is 2.17. The first-order valence-corrected chi connectivity index (χ1v) is 9.94. The maximum Gasteiger partial charge on any atom is 0.283 e. The molecule has 2 aromatic rings. The van der Waals surface area contributed by atoms with Crippen LogP contribution in [0.15, 0.2) is 34.1 Å². The van der Waals surface area contributed by atoms with Gasteiger partial charge in [-0.3, -0.25) is 4.79 Å². The number of nitrogens with zero attached hydrogens (tertiary/aromatic N) is 4. The summed E-state index contributed by atoms with van der Waals surface area (Å²) in [5.41, 5.74) is 1.84. The standard InChI is InChI=1S/C19H24BrN5O/c1-11-14-6-12(19(14,2)3)7-15(11)24-16-8-23-25(18(26)17(16)20)9-13-4-5-21-10-22-13/h4-5,8,10-12,14-15,24H,6-7,9H2,1-3H3/t11-,12+,14-,15-/m1/s1. The fourth-order valence-corrected chi connectivity index (χ4v) is 5.21. The van der Waals surface area contributed by atoms with E-state index in [4.69, 9.17) is 0 Å². The van der Waals surface area contributed by atoms with Gasteiger partial charge in [0, 0.05) is 12.2 Å². The Bertz CT molecular complexity index is 866. The highest BCUT2D eigenvalue weighted by atomic mass is 79.9. The molecule has 3 aliphatic rings. The summed E-state index contributed by atoms with van der Waals surface area (Å²) >= 11 is 3.47. The molecule has 0 spiro atoms. The molecule has 2 bridgehead atoms. The molecular formula is C19H24BrN5O. The summed E-state index contributed by atoms with van der Waals surface area (Å²) in [5.74, 6) is 2.11. The van der Waals surface area contributed by atoms with Crippen LogP contribution in [0.1, 0.15) is 39.3 Å². The molecule has 3 aliphatic carbocycles. The van der Waals surface area contributed by atoms with Crippen LogP contribution < -0.4 is 10.9 Å². The van der Waals surface area contributed by atoms with E-state index in [-0.39, 0.29) is 5.56 Å². The molecule has 3 saturated carbocycles. The lowest BCUT2D eigenvalue weighted by Crippen LogP contribution is -2.58. The van der Waals surface area contributed by atoms with Crippen LogP contribution in [0.25, 0.3) is 0 Å². The highest BCUT2D eigenvalue weighted by molar-refractivity contribution is 9.10. The monoisotopic (exact) mass is 417 g/mol. The average molecular weight is 418 g/mol. The molecule has 0 saturated heterocycles. The number of fused-ring (bicyclic) bond motifs is 2. The molecule has 3 fully saturated rings. The van der Waals surface area contributed by atoms with Crippen LogP contribution in [0.4, 0.5) is 5.69 Å². The van der Waals surface area contributed by atoms with Gasteiger partial charge >= 0.3 is 0 Å². The lowest BCUT2D eigenvalue weighted by Gasteiger charge is -2.62. The molecule has 2 aromatic heterocycles. The lowest BCUT2D eigenvalue weighted by molar-refractivity contribution is -0.105. The minimum Gasteiger partial charge on any atom is -0.380 e. The van der Waals surface area contributed by atoms with Crippen molar-refractivity contribution in [2.45, 2.75) is 46.2 Å². The van der Waals surface area contributed by atoms with Crippen molar-refractivity contribution in [1.82, 2.24) is 19.7 Å². The van der Waals surface area contributed by atoms with Gasteiger partial charge in [-0.2, -0.15) is 5.10 Å². The second kappa shape index (κ2) is 6.44. The maximum absolute atomic E-state index is 12.7. The highest BCUT2D eigenvalue weighted by Crippen LogP contribution is 2.61. The van der Waals surface area contributed by atoms with E-state index < -0.39 is 0 Å². The molecule has 0 unspecified atom stereocenters. The summed E-state index contributed by atoms with van der Waals surface area (Å²) in [5, 5.41) is 7.92. The Hall–Kier alpha value is -1.76. The Kier molecular flexibility index (Phi) is 4.37. The molecule has 6 nitrogen and oxygen atoms in total. The fourth-order valence-electron chi connectivity index (χ4n) is 4.78. The van der Waals surface area contributed by atoms with Crippen molar-refractivity contribution in [1.29, 1.82) is 0 Å². The Morgan fingerprint density at radius 2 is 2.19 bits per heavy atom. The van der Waals surface area contributed by atoms with Crippen LogP contribution in [-0.4, -0.2) is 25.8 Å². The molecule has 26 heavy (non-hydrogen) atoms. The zero-order valence-electron chi connectivity index (χ0n) is 15.3. The predicted molar refractivity (Wildman–Crippen MR) is 104 cm³/mol. The number of nitrogens with one attached hydrogen (secondary N) is 1. The average Bonchev–Trinajstić information content (AvgIpc) is 2.63. The van der Waals surface area contributed by atoms with Crippen LogP contribution in [-0.2, 0) is 6.54 Å². The van der Waals surface area contributed by atoms with Gasteiger partial charge < -0.3 is 5.32 Å². The van der Waals surface area contributed by atoms with Gasteiger partial charge in [-0.25, -0.2) is 14.6 Å². The van der Waals surface area contributed by atoms with Gasteiger partial charge in [0.2, 0.25) is 0 Å². The van der Waals surface area contributed by atoms with Crippen molar-refractivity contribution in [3.05, 3.63) is 45.3 Å². The molecule has 2 heterocycles. The normalized spacial score (nSPS) is 29.1. The number of halogens is 1. The van der Waals surface area contributed by atoms with Gasteiger partial charge in [-0.15, -0.1) is 0 Å². The van der Waals surface area contributed by atoms with E-state index in [1.165, 1.54) is 17.4 Å². The molecule has 138 valence electrons. The fraction of sp³-hybridized carbons (Fsp3) is 0.579. The molecular weight excluding hydrogens is 394 g/mol. The summed E-state index contributed by atoms with van der Waals surface area (Å²) in [7, 11) is 0. The summed E-state index contributed by atoms with van der Waals surface area (Å²) in [6.45, 7) is 7.45. The highest BCUT2D eigenvalue weighted by Gasteiger charge is 2.56. The van der Waals surface area contributed by atoms with E-state index in [9.17, 15) is 4.79 Å². The minimum absolute atomic E-state index is 0.150. The molecule has 0 aromatic carbocycles. The number of rotatable bonds is 4. The number of hydrogen-bond donors (Lipinski definition) is 1. The Labute approximate surface area is 161 Å². The second-order valence-electron chi connectivity index (χ2n) is 8.24. The van der Waals surface area contributed by atoms with Crippen molar-refractivity contribution in [3.8, 4) is 0 Å². The third-order valence-electron chi connectivity index (χ3n) is 6.63. The van der Waals surface area contributed by atoms with Crippen molar-refractivity contribution in [2.75, 3.05) is 5.32 Å². The molecule has 7 heteroatoms. The molecule has 0 amide bonds. The second-order valence-corrected chi connectivity index (χ2v) is 9.03. The quantitative estimate of drug-likeness (QED) is 0.825. The minimum atomic E-state index is -0.150. The maximum atomic E-state index is 12.7. The van der Waals surface area contributed by atoms with E-state index in [0.29, 0.717) is 28.4 Å². The van der Waals surface area contributed by atoms with E-state index >= 15 is 0 Å². The molecule has 1 N–H and O–H groups in total. The SMILES string of the molecule is C[C@@H]1[C@H]2C[C@@H](C[C@H]1Nc1cnn(Cc3ccncn3)c(=O)c1Br)C2(C)C. The Morgan fingerprint density at radius 3 is 2.85 bits per heavy atom. The van der Waals surface area contributed by atoms with Gasteiger partial charge in [-0.1, -0.05) is 20.8 Å². The number of anilines is 1. The summed E-state index contributed by atoms with van der Waals surface area (Å²) < 4.78 is 1.95. The van der Waals surface area contributed by atoms with Gasteiger partial charge in [0.15, 0.2) is 0 Å². The smallest absolute Gasteiger partial charge is 0.283 e. The van der Waals surface area contributed by atoms with Crippen LogP contribution in [0, 0.1) is 23.2 Å². The largest absolute Gasteiger partial charge is 0.380 e. The number of aromatic nitrogens is 4. The molecule has 4 atom stereocenters. The van der Waals surface area contributed by atoms with E-state index in [2.05, 4.69) is 57.1 Å². The van der Waals surface area contributed by atoms with E-state index in [0.717, 1.165) is 29.6 Å². The topological polar surface area (TPSA) is 72.7 Å². The van der Waals surface area contributed by atoms with Crippen LogP contribution in [0.5, 0.6) is 0 Å². The first-order valence-electron chi connectivity index (χ1n) is 9.15. The Morgan fingerprint density at radius 1 is 1.38 bits per heavy atom. The third kappa shape index (κ3) is 2.86. The van der Waals surface area contributed by atoms with Gasteiger partial charge in [-0.05, 0) is 58.0 Å². The van der Waals surface area contributed by atoms with E-state index in [1.807, 2.05) is 0 Å².